The standard InChI is InChI=1S/C11H16N6S2/c1-12-11-16-9(8-10(17-11)15-6-14-8)13-4-7-5-18-2-3-19-7/h6-7H,2-5H2,1H3,(H3,12,13,14,15,16,17). The first-order chi connectivity index (χ1) is 9.36. The van der Waals surface area contributed by atoms with Gasteiger partial charge in [-0.3, -0.25) is 0 Å². The number of rotatable bonds is 4. The van der Waals surface area contributed by atoms with Crippen molar-refractivity contribution in [3.63, 3.8) is 0 Å². The normalized spacial score (nSPS) is 19.5. The Morgan fingerprint density at radius 3 is 3.16 bits per heavy atom. The molecule has 2 aromatic heterocycles. The average molecular weight is 296 g/mol. The molecule has 0 amide bonds. The van der Waals surface area contributed by atoms with E-state index in [1.165, 1.54) is 17.3 Å². The molecule has 6 nitrogen and oxygen atoms in total. The quantitative estimate of drug-likeness (QED) is 0.792. The molecule has 1 aliphatic rings. The molecule has 2 aromatic rings. The van der Waals surface area contributed by atoms with Crippen molar-refractivity contribution in [3.05, 3.63) is 6.33 Å². The lowest BCUT2D eigenvalue weighted by Gasteiger charge is -2.21. The summed E-state index contributed by atoms with van der Waals surface area (Å²) in [5.74, 6) is 5.12. The topological polar surface area (TPSA) is 78.5 Å². The molecule has 1 unspecified atom stereocenters. The van der Waals surface area contributed by atoms with Crippen LogP contribution in [0.4, 0.5) is 11.8 Å². The highest BCUT2D eigenvalue weighted by atomic mass is 32.2. The van der Waals surface area contributed by atoms with Crippen LogP contribution < -0.4 is 10.6 Å². The molecule has 3 N–H and O–H groups in total. The molecule has 0 radical (unpaired) electrons. The van der Waals surface area contributed by atoms with Gasteiger partial charge in [-0.2, -0.15) is 33.5 Å². The predicted molar refractivity (Wildman–Crippen MR) is 83.3 cm³/mol. The van der Waals surface area contributed by atoms with Crippen LogP contribution in [-0.2, 0) is 0 Å². The summed E-state index contributed by atoms with van der Waals surface area (Å²) < 4.78 is 0. The number of aromatic nitrogens is 4. The van der Waals surface area contributed by atoms with E-state index in [1.807, 2.05) is 30.6 Å². The third-order valence-corrected chi connectivity index (χ3v) is 5.74. The lowest BCUT2D eigenvalue weighted by molar-refractivity contribution is 0.992. The fourth-order valence-corrected chi connectivity index (χ4v) is 4.55. The van der Waals surface area contributed by atoms with Crippen LogP contribution >= 0.6 is 23.5 Å². The Hall–Kier alpha value is -1.15. The van der Waals surface area contributed by atoms with Crippen LogP contribution in [-0.4, -0.2) is 56.0 Å². The maximum atomic E-state index is 4.46. The molecule has 3 rings (SSSR count). The van der Waals surface area contributed by atoms with E-state index in [9.17, 15) is 0 Å². The van der Waals surface area contributed by atoms with Crippen LogP contribution in [0.2, 0.25) is 0 Å². The Morgan fingerprint density at radius 2 is 2.37 bits per heavy atom. The van der Waals surface area contributed by atoms with Crippen LogP contribution in [0.1, 0.15) is 0 Å². The fourth-order valence-electron chi connectivity index (χ4n) is 1.94. The molecule has 1 atom stereocenters. The summed E-state index contributed by atoms with van der Waals surface area (Å²) in [6.07, 6.45) is 1.65. The second kappa shape index (κ2) is 5.87. The van der Waals surface area contributed by atoms with Gasteiger partial charge in [0.2, 0.25) is 5.95 Å². The second-order valence-corrected chi connectivity index (χ2v) is 6.75. The van der Waals surface area contributed by atoms with E-state index in [-0.39, 0.29) is 0 Å². The molecule has 0 saturated carbocycles. The summed E-state index contributed by atoms with van der Waals surface area (Å²) in [5.41, 5.74) is 1.56. The van der Waals surface area contributed by atoms with Crippen molar-refractivity contribution in [1.82, 2.24) is 19.9 Å². The third kappa shape index (κ3) is 2.89. The maximum Gasteiger partial charge on any atom is 0.226 e. The van der Waals surface area contributed by atoms with E-state index >= 15 is 0 Å². The molecule has 0 bridgehead atoms. The van der Waals surface area contributed by atoms with Crippen molar-refractivity contribution in [2.45, 2.75) is 5.25 Å². The van der Waals surface area contributed by atoms with Gasteiger partial charge in [-0.1, -0.05) is 0 Å². The molecule has 0 aromatic carbocycles. The van der Waals surface area contributed by atoms with E-state index in [0.29, 0.717) is 16.8 Å². The van der Waals surface area contributed by atoms with Gasteiger partial charge in [-0.15, -0.1) is 0 Å². The van der Waals surface area contributed by atoms with Crippen molar-refractivity contribution in [1.29, 1.82) is 0 Å². The zero-order valence-corrected chi connectivity index (χ0v) is 12.3. The lowest BCUT2D eigenvalue weighted by Crippen LogP contribution is -2.23. The van der Waals surface area contributed by atoms with Gasteiger partial charge >= 0.3 is 0 Å². The molecule has 0 aliphatic carbocycles. The van der Waals surface area contributed by atoms with Gasteiger partial charge in [-0.25, -0.2) is 4.98 Å². The van der Waals surface area contributed by atoms with E-state index in [4.69, 9.17) is 0 Å². The highest BCUT2D eigenvalue weighted by Crippen LogP contribution is 2.25. The second-order valence-electron chi connectivity index (χ2n) is 4.20. The molecular weight excluding hydrogens is 280 g/mol. The average Bonchev–Trinajstić information content (AvgIpc) is 2.94. The van der Waals surface area contributed by atoms with E-state index in [0.717, 1.165) is 17.9 Å². The van der Waals surface area contributed by atoms with Gasteiger partial charge < -0.3 is 15.6 Å². The number of imidazole rings is 1. The van der Waals surface area contributed by atoms with Crippen LogP contribution in [0, 0.1) is 0 Å². The molecular formula is C11H16N6S2. The maximum absolute atomic E-state index is 4.46. The number of H-pyrrole nitrogens is 1. The van der Waals surface area contributed by atoms with Gasteiger partial charge in [0.25, 0.3) is 0 Å². The van der Waals surface area contributed by atoms with Crippen molar-refractivity contribution in [2.24, 2.45) is 0 Å². The summed E-state index contributed by atoms with van der Waals surface area (Å²) in [4.78, 5) is 16.0. The summed E-state index contributed by atoms with van der Waals surface area (Å²) in [6.45, 7) is 0.923. The first-order valence-corrected chi connectivity index (χ1v) is 8.39. The molecule has 1 fully saturated rings. The van der Waals surface area contributed by atoms with Crippen LogP contribution in [0.25, 0.3) is 11.2 Å². The zero-order valence-electron chi connectivity index (χ0n) is 10.6. The number of nitrogens with zero attached hydrogens (tertiary/aromatic N) is 3. The Labute approximate surface area is 120 Å². The van der Waals surface area contributed by atoms with Crippen molar-refractivity contribution < 1.29 is 0 Å². The summed E-state index contributed by atoms with van der Waals surface area (Å²) >= 11 is 4.06. The number of hydrogen-bond acceptors (Lipinski definition) is 7. The number of anilines is 2. The van der Waals surface area contributed by atoms with Gasteiger partial charge in [0.05, 0.1) is 6.33 Å². The minimum absolute atomic E-state index is 0.591. The summed E-state index contributed by atoms with van der Waals surface area (Å²) in [6, 6.07) is 0. The van der Waals surface area contributed by atoms with Crippen molar-refractivity contribution in [3.8, 4) is 0 Å². The molecule has 0 spiro atoms. The fraction of sp³-hybridized carbons (Fsp3) is 0.545. The Morgan fingerprint density at radius 1 is 1.42 bits per heavy atom. The Kier molecular flexibility index (Phi) is 3.97. The van der Waals surface area contributed by atoms with Gasteiger partial charge in [0, 0.05) is 36.1 Å². The molecule has 102 valence electrons. The predicted octanol–water partition coefficient (Wildman–Crippen LogP) is 1.66. The van der Waals surface area contributed by atoms with Crippen molar-refractivity contribution >= 4 is 46.5 Å². The van der Waals surface area contributed by atoms with Gasteiger partial charge in [0.1, 0.15) is 5.52 Å². The molecule has 3 heterocycles. The highest BCUT2D eigenvalue weighted by Gasteiger charge is 2.15. The van der Waals surface area contributed by atoms with E-state index in [2.05, 4.69) is 30.6 Å². The lowest BCUT2D eigenvalue weighted by atomic mass is 10.4. The van der Waals surface area contributed by atoms with Crippen molar-refractivity contribution in [2.75, 3.05) is 41.5 Å². The number of aromatic amines is 1. The Balaban J connectivity index is 1.77. The number of hydrogen-bond donors (Lipinski definition) is 3. The smallest absolute Gasteiger partial charge is 0.226 e. The molecule has 19 heavy (non-hydrogen) atoms. The Bertz CT molecular complexity index is 551. The first kappa shape index (κ1) is 12.9. The van der Waals surface area contributed by atoms with E-state index < -0.39 is 0 Å². The largest absolute Gasteiger partial charge is 0.367 e. The minimum atomic E-state index is 0.591. The third-order valence-electron chi connectivity index (χ3n) is 2.89. The minimum Gasteiger partial charge on any atom is -0.367 e. The van der Waals surface area contributed by atoms with Gasteiger partial charge in [-0.05, 0) is 0 Å². The van der Waals surface area contributed by atoms with Crippen LogP contribution in [0.3, 0.4) is 0 Å². The summed E-state index contributed by atoms with van der Waals surface area (Å²) in [7, 11) is 1.81. The highest BCUT2D eigenvalue weighted by molar-refractivity contribution is 8.06. The van der Waals surface area contributed by atoms with E-state index in [1.54, 1.807) is 6.33 Å². The zero-order chi connectivity index (χ0) is 13.1. The summed E-state index contributed by atoms with van der Waals surface area (Å²) in [5, 5.41) is 7.03. The van der Waals surface area contributed by atoms with Gasteiger partial charge in [0.15, 0.2) is 11.5 Å². The first-order valence-electron chi connectivity index (χ1n) is 6.19. The number of thioether (sulfide) groups is 2. The monoisotopic (exact) mass is 296 g/mol. The number of nitrogens with one attached hydrogen (secondary N) is 3. The SMILES string of the molecule is CNc1nc(NCC2CSCCS2)c2[nH]cnc2n1. The number of fused-ring (bicyclic) bond motifs is 1. The van der Waals surface area contributed by atoms with Crippen LogP contribution in [0.15, 0.2) is 6.33 Å². The van der Waals surface area contributed by atoms with Crippen LogP contribution in [0.5, 0.6) is 0 Å². The molecule has 8 heteroatoms. The molecule has 1 saturated heterocycles. The molecule has 1 aliphatic heterocycles.